The minimum Gasteiger partial charge on any atom is -0.372 e. The first kappa shape index (κ1) is 17.4. The van der Waals surface area contributed by atoms with E-state index in [0.29, 0.717) is 31.2 Å². The number of carbonyl (C=O) groups is 1. The topological polar surface area (TPSA) is 80.5 Å². The molecule has 1 saturated heterocycles. The first-order chi connectivity index (χ1) is 12.0. The minimum absolute atomic E-state index is 0.0330. The van der Waals surface area contributed by atoms with Crippen molar-refractivity contribution in [3.8, 4) is 0 Å². The highest BCUT2D eigenvalue weighted by molar-refractivity contribution is 5.74. The molecular formula is C18H24N4O3. The van der Waals surface area contributed by atoms with Crippen molar-refractivity contribution in [3.05, 3.63) is 47.6 Å². The monoisotopic (exact) mass is 344 g/mol. The highest BCUT2D eigenvalue weighted by atomic mass is 16.5. The zero-order chi connectivity index (χ0) is 17.8. The van der Waals surface area contributed by atoms with Crippen LogP contribution in [0.3, 0.4) is 0 Å². The number of hydrogen-bond donors (Lipinski definition) is 1. The first-order valence-corrected chi connectivity index (χ1v) is 8.58. The molecule has 1 aliphatic heterocycles. The van der Waals surface area contributed by atoms with Gasteiger partial charge in [0.25, 0.3) is 0 Å². The Morgan fingerprint density at radius 3 is 2.64 bits per heavy atom. The molecule has 1 aromatic carbocycles. The third kappa shape index (κ3) is 4.57. The number of carbonyl (C=O) groups excluding carboxylic acids is 1. The van der Waals surface area contributed by atoms with Crippen LogP contribution in [0, 0.1) is 0 Å². The molecule has 1 N–H and O–H groups in total. The molecule has 1 aliphatic rings. The maximum atomic E-state index is 12.4. The number of nitrogens with one attached hydrogen (secondary N) is 1. The lowest BCUT2D eigenvalue weighted by molar-refractivity contribution is -0.0548. The SMILES string of the molecule is C[C@@H]1CN(C(=O)N[C@H](C)c2nc(Cc3ccccc3)no2)C[C@H](C)O1. The molecule has 3 atom stereocenters. The van der Waals surface area contributed by atoms with Gasteiger partial charge in [-0.05, 0) is 26.3 Å². The fraction of sp³-hybridized carbons (Fsp3) is 0.500. The first-order valence-electron chi connectivity index (χ1n) is 8.58. The lowest BCUT2D eigenvalue weighted by atomic mass is 10.1. The van der Waals surface area contributed by atoms with Gasteiger partial charge in [-0.1, -0.05) is 35.5 Å². The van der Waals surface area contributed by atoms with E-state index in [2.05, 4.69) is 15.5 Å². The summed E-state index contributed by atoms with van der Waals surface area (Å²) >= 11 is 0. The fourth-order valence-electron chi connectivity index (χ4n) is 2.98. The average Bonchev–Trinajstić information content (AvgIpc) is 3.03. The zero-order valence-electron chi connectivity index (χ0n) is 14.8. The summed E-state index contributed by atoms with van der Waals surface area (Å²) in [5.74, 6) is 1.02. The summed E-state index contributed by atoms with van der Waals surface area (Å²) in [6.45, 7) is 6.92. The van der Waals surface area contributed by atoms with Crippen LogP contribution in [0.4, 0.5) is 4.79 Å². The smallest absolute Gasteiger partial charge is 0.318 e. The predicted molar refractivity (Wildman–Crippen MR) is 92.1 cm³/mol. The van der Waals surface area contributed by atoms with Gasteiger partial charge in [0.1, 0.15) is 6.04 Å². The molecule has 2 aromatic rings. The summed E-state index contributed by atoms with van der Waals surface area (Å²) in [5, 5.41) is 6.92. The molecule has 0 aliphatic carbocycles. The van der Waals surface area contributed by atoms with Crippen molar-refractivity contribution in [2.45, 2.75) is 45.4 Å². The quantitative estimate of drug-likeness (QED) is 0.922. The van der Waals surface area contributed by atoms with Crippen LogP contribution in [0.25, 0.3) is 0 Å². The standard InChI is InChI=1S/C18H24N4O3/c1-12-10-22(11-13(2)24-12)18(23)19-14(3)17-20-16(21-25-17)9-15-7-5-4-6-8-15/h4-8,12-14H,9-11H2,1-3H3,(H,19,23)/t12-,13+,14-/m1/s1. The van der Waals surface area contributed by atoms with Crippen LogP contribution < -0.4 is 5.32 Å². The Labute approximate surface area is 147 Å². The number of aromatic nitrogens is 2. The van der Waals surface area contributed by atoms with Crippen LogP contribution in [0.5, 0.6) is 0 Å². The molecule has 7 nitrogen and oxygen atoms in total. The van der Waals surface area contributed by atoms with Gasteiger partial charge in [0.2, 0.25) is 5.89 Å². The molecule has 2 amide bonds. The molecule has 134 valence electrons. The summed E-state index contributed by atoms with van der Waals surface area (Å²) in [6.07, 6.45) is 0.667. The van der Waals surface area contributed by atoms with Crippen molar-refractivity contribution < 1.29 is 14.1 Å². The van der Waals surface area contributed by atoms with Crippen molar-refractivity contribution in [1.29, 1.82) is 0 Å². The number of nitrogens with zero attached hydrogens (tertiary/aromatic N) is 3. The van der Waals surface area contributed by atoms with Crippen LogP contribution in [-0.4, -0.2) is 46.4 Å². The zero-order valence-corrected chi connectivity index (χ0v) is 14.8. The average molecular weight is 344 g/mol. The lowest BCUT2D eigenvalue weighted by Crippen LogP contribution is -2.52. The van der Waals surface area contributed by atoms with Crippen LogP contribution in [-0.2, 0) is 11.2 Å². The van der Waals surface area contributed by atoms with Gasteiger partial charge in [-0.15, -0.1) is 0 Å². The molecule has 0 unspecified atom stereocenters. The summed E-state index contributed by atoms with van der Waals surface area (Å²) in [5.41, 5.74) is 1.11. The van der Waals surface area contributed by atoms with E-state index < -0.39 is 0 Å². The summed E-state index contributed by atoms with van der Waals surface area (Å²) in [4.78, 5) is 18.6. The number of hydrogen-bond acceptors (Lipinski definition) is 5. The lowest BCUT2D eigenvalue weighted by Gasteiger charge is -2.35. The van der Waals surface area contributed by atoms with Gasteiger partial charge in [0.15, 0.2) is 5.82 Å². The normalized spacial score (nSPS) is 21.8. The minimum atomic E-state index is -0.349. The molecule has 1 fully saturated rings. The van der Waals surface area contributed by atoms with E-state index in [1.165, 1.54) is 0 Å². The Balaban J connectivity index is 1.58. The van der Waals surface area contributed by atoms with E-state index in [4.69, 9.17) is 9.26 Å². The van der Waals surface area contributed by atoms with Crippen molar-refractivity contribution >= 4 is 6.03 Å². The molecule has 0 spiro atoms. The Morgan fingerprint density at radius 1 is 1.28 bits per heavy atom. The molecule has 0 bridgehead atoms. The summed E-state index contributed by atoms with van der Waals surface area (Å²) in [7, 11) is 0. The Hall–Kier alpha value is -2.41. The predicted octanol–water partition coefficient (Wildman–Crippen LogP) is 2.54. The Bertz CT molecular complexity index is 693. The van der Waals surface area contributed by atoms with Gasteiger partial charge in [-0.3, -0.25) is 0 Å². The van der Waals surface area contributed by atoms with E-state index >= 15 is 0 Å². The molecule has 7 heteroatoms. The highest BCUT2D eigenvalue weighted by Crippen LogP contribution is 2.15. The summed E-state index contributed by atoms with van der Waals surface area (Å²) < 4.78 is 11.0. The molecule has 0 saturated carbocycles. The Kier molecular flexibility index (Phi) is 5.33. The van der Waals surface area contributed by atoms with E-state index in [9.17, 15) is 4.79 Å². The molecule has 3 rings (SSSR count). The van der Waals surface area contributed by atoms with E-state index in [0.717, 1.165) is 5.56 Å². The summed E-state index contributed by atoms with van der Waals surface area (Å²) in [6, 6.07) is 9.46. The maximum absolute atomic E-state index is 12.4. The third-order valence-corrected chi connectivity index (χ3v) is 4.11. The van der Waals surface area contributed by atoms with Crippen LogP contribution >= 0.6 is 0 Å². The maximum Gasteiger partial charge on any atom is 0.318 e. The van der Waals surface area contributed by atoms with Gasteiger partial charge in [-0.2, -0.15) is 4.98 Å². The van der Waals surface area contributed by atoms with Gasteiger partial charge in [-0.25, -0.2) is 4.79 Å². The number of morpholine rings is 1. The number of urea groups is 1. The molecule has 25 heavy (non-hydrogen) atoms. The second-order valence-electron chi connectivity index (χ2n) is 6.54. The number of amides is 2. The van der Waals surface area contributed by atoms with Crippen molar-refractivity contribution in [2.24, 2.45) is 0 Å². The number of rotatable bonds is 4. The van der Waals surface area contributed by atoms with Gasteiger partial charge < -0.3 is 19.5 Å². The second-order valence-corrected chi connectivity index (χ2v) is 6.54. The van der Waals surface area contributed by atoms with Gasteiger partial charge in [0.05, 0.1) is 12.2 Å². The van der Waals surface area contributed by atoms with E-state index in [-0.39, 0.29) is 24.3 Å². The Morgan fingerprint density at radius 2 is 1.96 bits per heavy atom. The van der Waals surface area contributed by atoms with Crippen molar-refractivity contribution in [2.75, 3.05) is 13.1 Å². The largest absolute Gasteiger partial charge is 0.372 e. The number of benzene rings is 1. The van der Waals surface area contributed by atoms with E-state index in [1.54, 1.807) is 4.90 Å². The van der Waals surface area contributed by atoms with Crippen LogP contribution in [0.1, 0.15) is 44.1 Å². The highest BCUT2D eigenvalue weighted by Gasteiger charge is 2.27. The molecular weight excluding hydrogens is 320 g/mol. The fourth-order valence-corrected chi connectivity index (χ4v) is 2.98. The van der Waals surface area contributed by atoms with Crippen molar-refractivity contribution in [1.82, 2.24) is 20.4 Å². The van der Waals surface area contributed by atoms with Crippen molar-refractivity contribution in [3.63, 3.8) is 0 Å². The van der Waals surface area contributed by atoms with Gasteiger partial charge >= 0.3 is 6.03 Å². The van der Waals surface area contributed by atoms with Crippen LogP contribution in [0.2, 0.25) is 0 Å². The van der Waals surface area contributed by atoms with Gasteiger partial charge in [0, 0.05) is 19.5 Å². The van der Waals surface area contributed by atoms with Crippen LogP contribution in [0.15, 0.2) is 34.9 Å². The van der Waals surface area contributed by atoms with E-state index in [1.807, 2.05) is 51.1 Å². The molecule has 2 heterocycles. The third-order valence-electron chi connectivity index (χ3n) is 4.11. The number of ether oxygens (including phenoxy) is 1. The molecule has 0 radical (unpaired) electrons. The molecule has 1 aromatic heterocycles. The second kappa shape index (κ2) is 7.65.